The van der Waals surface area contributed by atoms with Gasteiger partial charge in [-0.1, -0.05) is 30.3 Å². The number of nitrogens with one attached hydrogen (secondary N) is 2. The molecule has 2 rings (SSSR count). The summed E-state index contributed by atoms with van der Waals surface area (Å²) in [6.07, 6.45) is -0.0257. The maximum absolute atomic E-state index is 12.2. The smallest absolute Gasteiger partial charge is 0.323 e. The predicted molar refractivity (Wildman–Crippen MR) is 91.7 cm³/mol. The number of anilines is 2. The van der Waals surface area contributed by atoms with Crippen molar-refractivity contribution in [2.75, 3.05) is 24.9 Å². The number of para-hydroxylation sites is 1. The first-order chi connectivity index (χ1) is 11.1. The van der Waals surface area contributed by atoms with Crippen molar-refractivity contribution in [3.8, 4) is 0 Å². The molecule has 5 nitrogen and oxygen atoms in total. The third-order valence-electron chi connectivity index (χ3n) is 3.53. The van der Waals surface area contributed by atoms with E-state index in [1.807, 2.05) is 55.5 Å². The maximum Gasteiger partial charge on any atom is 0.323 e. The lowest BCUT2D eigenvalue weighted by atomic mass is 10.1. The predicted octanol–water partition coefficient (Wildman–Crippen LogP) is 4.18. The van der Waals surface area contributed by atoms with E-state index in [4.69, 9.17) is 9.47 Å². The molecular formula is C18H22N2O3. The van der Waals surface area contributed by atoms with Gasteiger partial charge in [-0.2, -0.15) is 0 Å². The number of rotatable bonds is 6. The van der Waals surface area contributed by atoms with E-state index >= 15 is 0 Å². The molecule has 0 spiro atoms. The zero-order valence-electron chi connectivity index (χ0n) is 13.6. The fourth-order valence-electron chi connectivity index (χ4n) is 2.21. The monoisotopic (exact) mass is 314 g/mol. The highest BCUT2D eigenvalue weighted by molar-refractivity contribution is 6.00. The molecule has 0 bridgehead atoms. The Morgan fingerprint density at radius 1 is 1.09 bits per heavy atom. The number of ether oxygens (including phenoxy) is 2. The van der Waals surface area contributed by atoms with Gasteiger partial charge < -0.3 is 20.1 Å². The van der Waals surface area contributed by atoms with Crippen molar-refractivity contribution >= 4 is 17.4 Å². The van der Waals surface area contributed by atoms with Crippen LogP contribution in [0.3, 0.4) is 0 Å². The number of hydrogen-bond acceptors (Lipinski definition) is 3. The molecule has 0 aromatic heterocycles. The topological polar surface area (TPSA) is 59.6 Å². The first kappa shape index (κ1) is 17.0. The normalized spacial score (nSPS) is 11.8. The summed E-state index contributed by atoms with van der Waals surface area (Å²) in [5.41, 5.74) is 3.37. The van der Waals surface area contributed by atoms with Gasteiger partial charge in [-0.3, -0.25) is 0 Å². The van der Waals surface area contributed by atoms with E-state index in [0.29, 0.717) is 12.3 Å². The first-order valence-corrected chi connectivity index (χ1v) is 7.41. The van der Waals surface area contributed by atoms with Gasteiger partial charge in [-0.25, -0.2) is 4.79 Å². The quantitative estimate of drug-likeness (QED) is 0.840. The maximum atomic E-state index is 12.2. The van der Waals surface area contributed by atoms with Crippen LogP contribution in [0, 0.1) is 0 Å². The molecular weight excluding hydrogens is 292 g/mol. The minimum Gasteiger partial charge on any atom is -0.380 e. The van der Waals surface area contributed by atoms with Crippen molar-refractivity contribution in [3.63, 3.8) is 0 Å². The lowest BCUT2D eigenvalue weighted by molar-refractivity contribution is 0.119. The summed E-state index contributed by atoms with van der Waals surface area (Å²) in [6.45, 7) is 2.40. The van der Waals surface area contributed by atoms with Crippen LogP contribution < -0.4 is 10.6 Å². The Labute approximate surface area is 136 Å². The Balaban J connectivity index is 2.05. The van der Waals surface area contributed by atoms with Crippen LogP contribution in [0.25, 0.3) is 0 Å². The molecule has 0 aliphatic carbocycles. The van der Waals surface area contributed by atoms with Crippen LogP contribution >= 0.6 is 0 Å². The standard InChI is InChI=1S/C18H22N2O3/c1-13(23-3)14-8-6-9-16(11-14)19-18(21)20-17-10-5-4-7-15(17)12-22-2/h4-11,13H,12H2,1-3H3,(H2,19,20,21)/t13-/m0/s1. The Hall–Kier alpha value is -2.37. The zero-order chi connectivity index (χ0) is 16.7. The Kier molecular flexibility index (Phi) is 6.14. The molecule has 0 unspecified atom stereocenters. The third kappa shape index (κ3) is 4.81. The second-order valence-electron chi connectivity index (χ2n) is 5.17. The van der Waals surface area contributed by atoms with E-state index < -0.39 is 0 Å². The van der Waals surface area contributed by atoms with Gasteiger partial charge in [-0.15, -0.1) is 0 Å². The number of amides is 2. The van der Waals surface area contributed by atoms with Crippen LogP contribution in [-0.2, 0) is 16.1 Å². The van der Waals surface area contributed by atoms with Gasteiger partial charge in [0, 0.05) is 31.2 Å². The van der Waals surface area contributed by atoms with E-state index in [1.54, 1.807) is 14.2 Å². The molecule has 0 aliphatic heterocycles. The lowest BCUT2D eigenvalue weighted by Crippen LogP contribution is -2.20. The van der Waals surface area contributed by atoms with Crippen molar-refractivity contribution in [2.24, 2.45) is 0 Å². The number of benzene rings is 2. The van der Waals surface area contributed by atoms with Gasteiger partial charge in [-0.05, 0) is 30.7 Å². The van der Waals surface area contributed by atoms with Crippen LogP contribution in [0.5, 0.6) is 0 Å². The fourth-order valence-corrected chi connectivity index (χ4v) is 2.21. The second-order valence-corrected chi connectivity index (χ2v) is 5.17. The molecule has 23 heavy (non-hydrogen) atoms. The van der Waals surface area contributed by atoms with E-state index in [9.17, 15) is 4.79 Å². The molecule has 0 fully saturated rings. The highest BCUT2D eigenvalue weighted by Crippen LogP contribution is 2.20. The third-order valence-corrected chi connectivity index (χ3v) is 3.53. The van der Waals surface area contributed by atoms with Crippen LogP contribution in [0.2, 0.25) is 0 Å². The van der Waals surface area contributed by atoms with Crippen LogP contribution in [0.1, 0.15) is 24.2 Å². The minimum atomic E-state index is -0.296. The summed E-state index contributed by atoms with van der Waals surface area (Å²) in [4.78, 5) is 12.2. The number of urea groups is 1. The van der Waals surface area contributed by atoms with E-state index in [0.717, 1.165) is 16.8 Å². The van der Waals surface area contributed by atoms with Gasteiger partial charge in [0.05, 0.1) is 12.7 Å². The molecule has 122 valence electrons. The molecule has 2 amide bonds. The van der Waals surface area contributed by atoms with Crippen LogP contribution in [0.15, 0.2) is 48.5 Å². The molecule has 2 N–H and O–H groups in total. The van der Waals surface area contributed by atoms with Crippen molar-refractivity contribution in [1.82, 2.24) is 0 Å². The molecule has 0 heterocycles. The Morgan fingerprint density at radius 3 is 2.61 bits per heavy atom. The summed E-state index contributed by atoms with van der Waals surface area (Å²) in [6, 6.07) is 14.8. The van der Waals surface area contributed by atoms with Gasteiger partial charge in [0.15, 0.2) is 0 Å². The summed E-state index contributed by atoms with van der Waals surface area (Å²) >= 11 is 0. The van der Waals surface area contributed by atoms with Crippen molar-refractivity contribution in [1.29, 1.82) is 0 Å². The van der Waals surface area contributed by atoms with Gasteiger partial charge in [0.25, 0.3) is 0 Å². The highest BCUT2D eigenvalue weighted by Gasteiger charge is 2.08. The molecule has 0 saturated heterocycles. The Morgan fingerprint density at radius 2 is 1.87 bits per heavy atom. The average Bonchev–Trinajstić information content (AvgIpc) is 2.56. The highest BCUT2D eigenvalue weighted by atomic mass is 16.5. The lowest BCUT2D eigenvalue weighted by Gasteiger charge is -2.14. The van der Waals surface area contributed by atoms with Crippen molar-refractivity contribution in [2.45, 2.75) is 19.6 Å². The second kappa shape index (κ2) is 8.31. The number of carbonyl (C=O) groups excluding carboxylic acids is 1. The molecule has 1 atom stereocenters. The average molecular weight is 314 g/mol. The van der Waals surface area contributed by atoms with Gasteiger partial charge in [0.1, 0.15) is 0 Å². The summed E-state index contributed by atoms with van der Waals surface area (Å²) < 4.78 is 10.4. The first-order valence-electron chi connectivity index (χ1n) is 7.41. The minimum absolute atomic E-state index is 0.0257. The zero-order valence-corrected chi connectivity index (χ0v) is 13.6. The van der Waals surface area contributed by atoms with E-state index in [-0.39, 0.29) is 12.1 Å². The molecule has 0 saturated carbocycles. The molecule has 0 aliphatic rings. The number of hydrogen-bond donors (Lipinski definition) is 2. The van der Waals surface area contributed by atoms with Crippen molar-refractivity contribution in [3.05, 3.63) is 59.7 Å². The SMILES string of the molecule is COCc1ccccc1NC(=O)Nc1cccc([C@H](C)OC)c1. The molecule has 2 aromatic rings. The number of methoxy groups -OCH3 is 2. The Bertz CT molecular complexity index is 658. The summed E-state index contributed by atoms with van der Waals surface area (Å²) in [5.74, 6) is 0. The van der Waals surface area contributed by atoms with Crippen molar-refractivity contribution < 1.29 is 14.3 Å². The van der Waals surface area contributed by atoms with E-state index in [2.05, 4.69) is 10.6 Å². The summed E-state index contributed by atoms with van der Waals surface area (Å²) in [5, 5.41) is 5.68. The molecule has 0 radical (unpaired) electrons. The number of carbonyl (C=O) groups is 1. The van der Waals surface area contributed by atoms with Crippen LogP contribution in [-0.4, -0.2) is 20.3 Å². The molecule has 5 heteroatoms. The van der Waals surface area contributed by atoms with Crippen LogP contribution in [0.4, 0.5) is 16.2 Å². The summed E-state index contributed by atoms with van der Waals surface area (Å²) in [7, 11) is 3.28. The largest absolute Gasteiger partial charge is 0.380 e. The fraction of sp³-hybridized carbons (Fsp3) is 0.278. The van der Waals surface area contributed by atoms with Gasteiger partial charge >= 0.3 is 6.03 Å². The van der Waals surface area contributed by atoms with E-state index in [1.165, 1.54) is 0 Å². The molecule has 2 aromatic carbocycles. The van der Waals surface area contributed by atoms with Gasteiger partial charge in [0.2, 0.25) is 0 Å².